The highest BCUT2D eigenvalue weighted by molar-refractivity contribution is 7.22. The van der Waals surface area contributed by atoms with Crippen molar-refractivity contribution in [2.45, 2.75) is 12.8 Å². The molecular formula is C23H23N3O2S. The number of hydrogen-bond acceptors (Lipinski definition) is 6. The third kappa shape index (κ3) is 4.43. The van der Waals surface area contributed by atoms with Crippen LogP contribution in [0.1, 0.15) is 12.8 Å². The van der Waals surface area contributed by atoms with Gasteiger partial charge in [-0.2, -0.15) is 0 Å². The number of hydrogen-bond donors (Lipinski definition) is 2. The first kappa shape index (κ1) is 19.1. The predicted octanol–water partition coefficient (Wildman–Crippen LogP) is 5.96. The smallest absolute Gasteiger partial charge is 0.188 e. The first-order chi connectivity index (χ1) is 14.1. The van der Waals surface area contributed by atoms with Gasteiger partial charge >= 0.3 is 0 Å². The van der Waals surface area contributed by atoms with E-state index in [1.54, 1.807) is 25.6 Å². The summed E-state index contributed by atoms with van der Waals surface area (Å²) in [6, 6.07) is 13.8. The van der Waals surface area contributed by atoms with Gasteiger partial charge in [0, 0.05) is 17.1 Å². The van der Waals surface area contributed by atoms with Crippen LogP contribution in [0.15, 0.2) is 78.2 Å². The average molecular weight is 406 g/mol. The number of rotatable bonds is 7. The molecule has 148 valence electrons. The SMILES string of the molecule is C=C(Nc1nc2ccc(OC)cc2s1)C1=CC=C(Nc2ccc(OC)cc2)CC1. The summed E-state index contributed by atoms with van der Waals surface area (Å²) in [5, 5.41) is 7.65. The number of methoxy groups -OCH3 is 2. The zero-order valence-electron chi connectivity index (χ0n) is 16.5. The molecule has 0 aliphatic heterocycles. The van der Waals surface area contributed by atoms with E-state index in [0.717, 1.165) is 51.1 Å². The summed E-state index contributed by atoms with van der Waals surface area (Å²) in [5.41, 5.74) is 5.25. The summed E-state index contributed by atoms with van der Waals surface area (Å²) < 4.78 is 11.6. The molecule has 1 aromatic heterocycles. The standard InChI is InChI=1S/C23H23N3O2S/c1-15(24-23-26-21-13-12-20(28-3)14-22(21)29-23)16-4-6-17(7-5-16)25-18-8-10-19(27-2)11-9-18/h4,6,8-14,25H,1,5,7H2,2-3H3,(H,24,26). The Labute approximate surface area is 174 Å². The molecule has 0 saturated heterocycles. The van der Waals surface area contributed by atoms with E-state index in [1.807, 2.05) is 42.5 Å². The topological polar surface area (TPSA) is 55.4 Å². The van der Waals surface area contributed by atoms with Crippen molar-refractivity contribution in [3.05, 3.63) is 78.2 Å². The summed E-state index contributed by atoms with van der Waals surface area (Å²) in [5.74, 6) is 1.69. The molecule has 0 spiro atoms. The second-order valence-electron chi connectivity index (χ2n) is 6.69. The molecule has 1 aliphatic rings. The summed E-state index contributed by atoms with van der Waals surface area (Å²) in [4.78, 5) is 4.63. The fourth-order valence-corrected chi connectivity index (χ4v) is 4.07. The molecule has 0 fully saturated rings. The van der Waals surface area contributed by atoms with E-state index in [0.29, 0.717) is 0 Å². The first-order valence-electron chi connectivity index (χ1n) is 9.36. The van der Waals surface area contributed by atoms with Crippen molar-refractivity contribution in [3.8, 4) is 11.5 Å². The molecule has 29 heavy (non-hydrogen) atoms. The van der Waals surface area contributed by atoms with Crippen LogP contribution in [-0.2, 0) is 0 Å². The zero-order valence-corrected chi connectivity index (χ0v) is 17.3. The average Bonchev–Trinajstić information content (AvgIpc) is 3.16. The second-order valence-corrected chi connectivity index (χ2v) is 7.72. The highest BCUT2D eigenvalue weighted by Gasteiger charge is 2.12. The van der Waals surface area contributed by atoms with Gasteiger partial charge in [-0.3, -0.25) is 0 Å². The molecule has 2 aromatic carbocycles. The molecule has 0 unspecified atom stereocenters. The minimum atomic E-state index is 0.837. The van der Waals surface area contributed by atoms with Crippen molar-refractivity contribution in [1.82, 2.24) is 4.98 Å². The lowest BCUT2D eigenvalue weighted by Gasteiger charge is -2.18. The van der Waals surface area contributed by atoms with Gasteiger partial charge in [-0.15, -0.1) is 0 Å². The highest BCUT2D eigenvalue weighted by atomic mass is 32.1. The summed E-state index contributed by atoms with van der Waals surface area (Å²) in [7, 11) is 3.34. The van der Waals surface area contributed by atoms with Crippen LogP contribution in [0, 0.1) is 0 Å². The molecule has 0 saturated carbocycles. The molecule has 0 bridgehead atoms. The molecule has 6 heteroatoms. The molecular weight excluding hydrogens is 382 g/mol. The normalized spacial score (nSPS) is 13.4. The van der Waals surface area contributed by atoms with Gasteiger partial charge in [-0.05, 0) is 67.0 Å². The Morgan fingerprint density at radius 1 is 1.00 bits per heavy atom. The molecule has 2 N–H and O–H groups in total. The van der Waals surface area contributed by atoms with Gasteiger partial charge in [0.1, 0.15) is 11.5 Å². The predicted molar refractivity (Wildman–Crippen MR) is 121 cm³/mol. The highest BCUT2D eigenvalue weighted by Crippen LogP contribution is 2.32. The monoisotopic (exact) mass is 405 g/mol. The Kier molecular flexibility index (Phi) is 5.53. The molecule has 0 radical (unpaired) electrons. The van der Waals surface area contributed by atoms with E-state index in [1.165, 1.54) is 11.3 Å². The number of fused-ring (bicyclic) bond motifs is 1. The molecule has 0 atom stereocenters. The van der Waals surface area contributed by atoms with Crippen LogP contribution >= 0.6 is 11.3 Å². The van der Waals surface area contributed by atoms with Crippen LogP contribution in [0.3, 0.4) is 0 Å². The first-order valence-corrected chi connectivity index (χ1v) is 10.2. The van der Waals surface area contributed by atoms with Crippen molar-refractivity contribution in [1.29, 1.82) is 0 Å². The van der Waals surface area contributed by atoms with Crippen LogP contribution in [0.5, 0.6) is 11.5 Å². The summed E-state index contributed by atoms with van der Waals surface area (Å²) in [6.07, 6.45) is 6.06. The molecule has 5 nitrogen and oxygen atoms in total. The molecule has 0 amide bonds. The number of aromatic nitrogens is 1. The number of allylic oxidation sites excluding steroid dienone is 4. The number of nitrogens with one attached hydrogen (secondary N) is 2. The number of ether oxygens (including phenoxy) is 2. The lowest BCUT2D eigenvalue weighted by atomic mass is 10.00. The minimum Gasteiger partial charge on any atom is -0.497 e. The fourth-order valence-electron chi connectivity index (χ4n) is 3.15. The Morgan fingerprint density at radius 2 is 1.76 bits per heavy atom. The number of thiazole rings is 1. The molecule has 3 aromatic rings. The number of anilines is 2. The molecule has 1 heterocycles. The van der Waals surface area contributed by atoms with Crippen LogP contribution in [-0.4, -0.2) is 19.2 Å². The van der Waals surface area contributed by atoms with E-state index in [4.69, 9.17) is 9.47 Å². The Morgan fingerprint density at radius 3 is 2.45 bits per heavy atom. The van der Waals surface area contributed by atoms with Crippen molar-refractivity contribution in [2.24, 2.45) is 0 Å². The van der Waals surface area contributed by atoms with Gasteiger partial charge < -0.3 is 20.1 Å². The number of nitrogens with zero attached hydrogens (tertiary/aromatic N) is 1. The van der Waals surface area contributed by atoms with Gasteiger partial charge in [0.05, 0.1) is 24.4 Å². The van der Waals surface area contributed by atoms with Gasteiger partial charge in [0.2, 0.25) is 0 Å². The van der Waals surface area contributed by atoms with Crippen molar-refractivity contribution >= 4 is 32.4 Å². The van der Waals surface area contributed by atoms with Gasteiger partial charge in [0.25, 0.3) is 0 Å². The lowest BCUT2D eigenvalue weighted by Crippen LogP contribution is -2.07. The van der Waals surface area contributed by atoms with Gasteiger partial charge in [0.15, 0.2) is 5.13 Å². The molecule has 4 rings (SSSR count). The third-order valence-corrected chi connectivity index (χ3v) is 5.72. The Balaban J connectivity index is 1.41. The number of benzene rings is 2. The van der Waals surface area contributed by atoms with Gasteiger partial charge in [-0.25, -0.2) is 4.98 Å². The maximum atomic E-state index is 5.29. The van der Waals surface area contributed by atoms with Crippen molar-refractivity contribution in [3.63, 3.8) is 0 Å². The lowest BCUT2D eigenvalue weighted by molar-refractivity contribution is 0.415. The van der Waals surface area contributed by atoms with E-state index >= 15 is 0 Å². The van der Waals surface area contributed by atoms with Crippen LogP contribution in [0.25, 0.3) is 10.2 Å². The van der Waals surface area contributed by atoms with Crippen molar-refractivity contribution < 1.29 is 9.47 Å². The largest absolute Gasteiger partial charge is 0.497 e. The minimum absolute atomic E-state index is 0.837. The zero-order chi connectivity index (χ0) is 20.2. The third-order valence-electron chi connectivity index (χ3n) is 4.79. The maximum absolute atomic E-state index is 5.29. The summed E-state index contributed by atoms with van der Waals surface area (Å²) >= 11 is 1.60. The van der Waals surface area contributed by atoms with Crippen molar-refractivity contribution in [2.75, 3.05) is 24.9 Å². The fraction of sp³-hybridized carbons (Fsp3) is 0.174. The van der Waals surface area contributed by atoms with E-state index in [9.17, 15) is 0 Å². The van der Waals surface area contributed by atoms with Crippen LogP contribution in [0.2, 0.25) is 0 Å². The second kappa shape index (κ2) is 8.41. The van der Waals surface area contributed by atoms with E-state index < -0.39 is 0 Å². The Bertz CT molecular complexity index is 1100. The Hall–Kier alpha value is -3.25. The summed E-state index contributed by atoms with van der Waals surface area (Å²) in [6.45, 7) is 4.20. The van der Waals surface area contributed by atoms with Crippen LogP contribution < -0.4 is 20.1 Å². The van der Waals surface area contributed by atoms with E-state index in [-0.39, 0.29) is 0 Å². The van der Waals surface area contributed by atoms with E-state index in [2.05, 4.69) is 34.3 Å². The van der Waals surface area contributed by atoms with Crippen LogP contribution in [0.4, 0.5) is 10.8 Å². The van der Waals surface area contributed by atoms with Gasteiger partial charge in [-0.1, -0.05) is 24.0 Å². The maximum Gasteiger partial charge on any atom is 0.188 e. The molecule has 1 aliphatic carbocycles. The quantitative estimate of drug-likeness (QED) is 0.508.